The highest BCUT2D eigenvalue weighted by Gasteiger charge is 2.51. The third kappa shape index (κ3) is 3.72. The number of ether oxygens (including phenoxy) is 2. The molecule has 6 nitrogen and oxygen atoms in total. The molecule has 2 aromatic carbocycles. The van der Waals surface area contributed by atoms with Crippen molar-refractivity contribution in [2.24, 2.45) is 11.3 Å². The van der Waals surface area contributed by atoms with Crippen LogP contribution >= 0.6 is 11.6 Å². The van der Waals surface area contributed by atoms with Gasteiger partial charge >= 0.3 is 11.9 Å². The number of methoxy groups -OCH3 is 1. The minimum Gasteiger partial charge on any atom is -0.490 e. The Balaban J connectivity index is 1.56. The van der Waals surface area contributed by atoms with Gasteiger partial charge in [-0.05, 0) is 86.4 Å². The average Bonchev–Trinajstić information content (AvgIpc) is 2.97. The number of anilines is 1. The van der Waals surface area contributed by atoms with E-state index in [-0.39, 0.29) is 22.9 Å². The Bertz CT molecular complexity index is 1150. The van der Waals surface area contributed by atoms with Crippen molar-refractivity contribution >= 4 is 29.2 Å². The number of carbonyl (C=O) groups excluding carboxylic acids is 1. The molecule has 0 aromatic heterocycles. The maximum atomic E-state index is 12.6. The Hall–Kier alpha value is -2.73. The van der Waals surface area contributed by atoms with Crippen LogP contribution in [-0.4, -0.2) is 43.9 Å². The van der Waals surface area contributed by atoms with Crippen molar-refractivity contribution in [2.75, 3.05) is 31.7 Å². The number of aromatic carboxylic acids is 1. The molecule has 3 aliphatic rings. The molecular weight excluding hydrogens is 454 g/mol. The van der Waals surface area contributed by atoms with Crippen LogP contribution in [0.2, 0.25) is 5.02 Å². The number of hydrogen-bond donors (Lipinski definition) is 1. The van der Waals surface area contributed by atoms with Gasteiger partial charge in [0.2, 0.25) is 0 Å². The van der Waals surface area contributed by atoms with E-state index in [1.165, 1.54) is 18.2 Å². The lowest BCUT2D eigenvalue weighted by atomic mass is 9.61. The number of carbonyl (C=O) groups is 2. The van der Waals surface area contributed by atoms with E-state index in [1.807, 2.05) is 13.0 Å². The Labute approximate surface area is 204 Å². The molecule has 1 N–H and O–H groups in total. The standard InChI is InChI=1S/C27H30ClNO5/c1-26(25(32)33-2)11-9-19(26)14-29-15-27(10-3-4-17-12-20(28)6-7-21(17)27)16-34-23-8-5-18(24(30)31)13-22(23)29/h5-8,12-13,19H,3-4,9-11,14-16H2,1-2H3,(H,30,31)/t19-,26-,27?/m0/s1. The van der Waals surface area contributed by atoms with E-state index in [0.717, 1.165) is 42.8 Å². The first-order valence-electron chi connectivity index (χ1n) is 11.9. The van der Waals surface area contributed by atoms with Crippen LogP contribution in [0.1, 0.15) is 54.1 Å². The summed E-state index contributed by atoms with van der Waals surface area (Å²) in [6, 6.07) is 11.2. The molecule has 0 amide bonds. The zero-order valence-corrected chi connectivity index (χ0v) is 20.4. The molecule has 1 spiro atoms. The van der Waals surface area contributed by atoms with Crippen LogP contribution in [0.3, 0.4) is 0 Å². The maximum absolute atomic E-state index is 12.6. The second-order valence-corrected chi connectivity index (χ2v) is 10.7. The quantitative estimate of drug-likeness (QED) is 0.610. The number of carboxylic acids is 1. The van der Waals surface area contributed by atoms with Gasteiger partial charge in [-0.2, -0.15) is 0 Å². The summed E-state index contributed by atoms with van der Waals surface area (Å²) in [5, 5.41) is 10.4. The third-order valence-electron chi connectivity index (χ3n) is 8.29. The molecule has 0 bridgehead atoms. The van der Waals surface area contributed by atoms with Gasteiger partial charge in [0.15, 0.2) is 0 Å². The molecule has 0 saturated heterocycles. The van der Waals surface area contributed by atoms with Crippen LogP contribution in [0.25, 0.3) is 0 Å². The largest absolute Gasteiger partial charge is 0.490 e. The van der Waals surface area contributed by atoms with Crippen LogP contribution in [-0.2, 0) is 21.4 Å². The normalized spacial score (nSPS) is 27.6. The van der Waals surface area contributed by atoms with Gasteiger partial charge in [-0.1, -0.05) is 17.7 Å². The fourth-order valence-electron chi connectivity index (χ4n) is 6.09. The number of esters is 1. The van der Waals surface area contributed by atoms with Gasteiger partial charge in [-0.15, -0.1) is 0 Å². The summed E-state index contributed by atoms with van der Waals surface area (Å²) >= 11 is 6.31. The number of carboxylic acid groups (broad SMARTS) is 1. The molecule has 1 aliphatic heterocycles. The monoisotopic (exact) mass is 483 g/mol. The van der Waals surface area contributed by atoms with Crippen LogP contribution in [0.4, 0.5) is 5.69 Å². The van der Waals surface area contributed by atoms with Gasteiger partial charge in [0.05, 0.1) is 30.4 Å². The average molecular weight is 484 g/mol. The first kappa shape index (κ1) is 23.0. The highest BCUT2D eigenvalue weighted by molar-refractivity contribution is 6.30. The first-order valence-corrected chi connectivity index (χ1v) is 12.3. The predicted octanol–water partition coefficient (Wildman–Crippen LogP) is 5.10. The molecule has 2 aliphatic carbocycles. The lowest BCUT2D eigenvalue weighted by molar-refractivity contribution is -0.162. The van der Waals surface area contributed by atoms with Gasteiger partial charge in [0, 0.05) is 23.5 Å². The van der Waals surface area contributed by atoms with E-state index in [2.05, 4.69) is 17.0 Å². The lowest BCUT2D eigenvalue weighted by Gasteiger charge is -2.48. The molecule has 34 heavy (non-hydrogen) atoms. The Morgan fingerprint density at radius 1 is 1.24 bits per heavy atom. The van der Waals surface area contributed by atoms with E-state index in [0.29, 0.717) is 25.4 Å². The van der Waals surface area contributed by atoms with E-state index in [9.17, 15) is 14.7 Å². The highest BCUT2D eigenvalue weighted by atomic mass is 35.5. The van der Waals surface area contributed by atoms with Gasteiger partial charge in [-0.3, -0.25) is 4.79 Å². The van der Waals surface area contributed by atoms with Crippen molar-refractivity contribution in [1.29, 1.82) is 0 Å². The first-order chi connectivity index (χ1) is 16.3. The summed E-state index contributed by atoms with van der Waals surface area (Å²) in [6.07, 6.45) is 4.71. The number of halogens is 1. The molecule has 7 heteroatoms. The Morgan fingerprint density at radius 2 is 2.06 bits per heavy atom. The highest BCUT2D eigenvalue weighted by Crippen LogP contribution is 2.50. The van der Waals surface area contributed by atoms with Crippen LogP contribution in [0.5, 0.6) is 5.75 Å². The summed E-state index contributed by atoms with van der Waals surface area (Å²) in [5.41, 5.74) is 2.73. The predicted molar refractivity (Wildman–Crippen MR) is 130 cm³/mol. The summed E-state index contributed by atoms with van der Waals surface area (Å²) in [6.45, 7) is 3.81. The number of rotatable bonds is 4. The van der Waals surface area contributed by atoms with Crippen LogP contribution in [0, 0.1) is 11.3 Å². The molecule has 180 valence electrons. The molecule has 5 rings (SSSR count). The van der Waals surface area contributed by atoms with Gasteiger partial charge in [-0.25, -0.2) is 4.79 Å². The Morgan fingerprint density at radius 3 is 2.76 bits per heavy atom. The number of fused-ring (bicyclic) bond motifs is 3. The van der Waals surface area contributed by atoms with Gasteiger partial charge in [0.25, 0.3) is 0 Å². The maximum Gasteiger partial charge on any atom is 0.335 e. The second kappa shape index (κ2) is 8.49. The van der Waals surface area contributed by atoms with Crippen molar-refractivity contribution < 1.29 is 24.2 Å². The number of nitrogens with zero attached hydrogens (tertiary/aromatic N) is 1. The molecule has 2 aromatic rings. The zero-order valence-electron chi connectivity index (χ0n) is 19.6. The molecule has 3 atom stereocenters. The summed E-state index contributed by atoms with van der Waals surface area (Å²) in [5.74, 6) is -0.351. The van der Waals surface area contributed by atoms with E-state index in [4.69, 9.17) is 21.1 Å². The fourth-order valence-corrected chi connectivity index (χ4v) is 6.28. The van der Waals surface area contributed by atoms with Crippen molar-refractivity contribution in [3.63, 3.8) is 0 Å². The third-order valence-corrected chi connectivity index (χ3v) is 8.52. The van der Waals surface area contributed by atoms with Crippen molar-refractivity contribution in [2.45, 2.75) is 44.4 Å². The molecule has 1 fully saturated rings. The minimum absolute atomic E-state index is 0.115. The topological polar surface area (TPSA) is 76.1 Å². The molecule has 1 unspecified atom stereocenters. The second-order valence-electron chi connectivity index (χ2n) is 10.2. The minimum atomic E-state index is -0.970. The number of benzene rings is 2. The lowest BCUT2D eigenvalue weighted by Crippen LogP contribution is -2.53. The smallest absolute Gasteiger partial charge is 0.335 e. The van der Waals surface area contributed by atoms with Crippen molar-refractivity contribution in [1.82, 2.24) is 0 Å². The van der Waals surface area contributed by atoms with E-state index in [1.54, 1.807) is 18.2 Å². The van der Waals surface area contributed by atoms with E-state index < -0.39 is 11.4 Å². The summed E-state index contributed by atoms with van der Waals surface area (Å²) < 4.78 is 11.5. The Kier molecular flexibility index (Phi) is 5.75. The van der Waals surface area contributed by atoms with Gasteiger partial charge < -0.3 is 19.5 Å². The van der Waals surface area contributed by atoms with Gasteiger partial charge in [0.1, 0.15) is 5.75 Å². The molecule has 1 saturated carbocycles. The molecular formula is C27H30ClNO5. The zero-order chi connectivity index (χ0) is 24.1. The number of aryl methyl sites for hydroxylation is 1. The van der Waals surface area contributed by atoms with Crippen LogP contribution in [0.15, 0.2) is 36.4 Å². The molecule has 1 heterocycles. The number of hydrogen-bond acceptors (Lipinski definition) is 5. The molecule has 0 radical (unpaired) electrons. The van der Waals surface area contributed by atoms with Crippen LogP contribution < -0.4 is 9.64 Å². The summed E-state index contributed by atoms with van der Waals surface area (Å²) in [7, 11) is 1.44. The van der Waals surface area contributed by atoms with E-state index >= 15 is 0 Å². The fraction of sp³-hybridized carbons (Fsp3) is 0.481. The SMILES string of the molecule is COC(=O)[C@@]1(C)CC[C@H]1CN1CC2(CCCc3cc(Cl)ccc32)COc2ccc(C(=O)O)cc21. The van der Waals surface area contributed by atoms with Crippen molar-refractivity contribution in [3.8, 4) is 5.75 Å². The van der Waals surface area contributed by atoms with Crippen molar-refractivity contribution in [3.05, 3.63) is 58.1 Å². The summed E-state index contributed by atoms with van der Waals surface area (Å²) in [4.78, 5) is 26.6.